The third-order valence-corrected chi connectivity index (χ3v) is 4.39. The van der Waals surface area contributed by atoms with Gasteiger partial charge in [-0.1, -0.05) is 49.4 Å². The zero-order valence-corrected chi connectivity index (χ0v) is 11.8. The summed E-state index contributed by atoms with van der Waals surface area (Å²) in [5, 5.41) is 10.4. The lowest BCUT2D eigenvalue weighted by atomic mass is 9.76. The van der Waals surface area contributed by atoms with Crippen molar-refractivity contribution in [3.63, 3.8) is 0 Å². The number of aryl methyl sites for hydroxylation is 1. The lowest BCUT2D eigenvalue weighted by molar-refractivity contribution is 0.339. The highest BCUT2D eigenvalue weighted by molar-refractivity contribution is 6.31. The van der Waals surface area contributed by atoms with Gasteiger partial charge in [0.2, 0.25) is 0 Å². The first-order valence-electron chi connectivity index (χ1n) is 6.81. The summed E-state index contributed by atoms with van der Waals surface area (Å²) in [6.45, 7) is 2.04. The van der Waals surface area contributed by atoms with Crippen molar-refractivity contribution in [2.24, 2.45) is 5.41 Å². The number of nitriles is 1. The van der Waals surface area contributed by atoms with Gasteiger partial charge in [-0.25, -0.2) is 0 Å². The van der Waals surface area contributed by atoms with Gasteiger partial charge in [-0.3, -0.25) is 0 Å². The molecule has 0 atom stereocenters. The van der Waals surface area contributed by atoms with Crippen LogP contribution in [0.2, 0.25) is 5.02 Å². The van der Waals surface area contributed by atoms with E-state index in [2.05, 4.69) is 18.2 Å². The molecule has 0 aliphatic heterocycles. The molecule has 0 aromatic heterocycles. The van der Waals surface area contributed by atoms with Crippen LogP contribution in [0.25, 0.3) is 0 Å². The van der Waals surface area contributed by atoms with E-state index in [9.17, 15) is 5.26 Å². The highest BCUT2D eigenvalue weighted by Gasteiger charge is 2.31. The molecule has 1 nitrogen and oxygen atoms in total. The normalized spacial score (nSPS) is 18.9. The molecular weight excluding hydrogens is 242 g/mol. The molecule has 0 N–H and O–H groups in total. The van der Waals surface area contributed by atoms with Crippen LogP contribution >= 0.6 is 11.6 Å². The zero-order chi connectivity index (χ0) is 13.0. The lowest BCUT2D eigenvalue weighted by Gasteiger charge is -2.25. The SMILES string of the molecule is Cc1ccc(CC2(C#N)CCCCCC2)c(Cl)c1. The third-order valence-electron chi connectivity index (χ3n) is 4.04. The van der Waals surface area contributed by atoms with Gasteiger partial charge in [0.1, 0.15) is 0 Å². The van der Waals surface area contributed by atoms with E-state index in [1.807, 2.05) is 13.0 Å². The molecule has 0 saturated heterocycles. The maximum Gasteiger partial charge on any atom is 0.0693 e. The third kappa shape index (κ3) is 3.06. The van der Waals surface area contributed by atoms with Crippen molar-refractivity contribution in [2.75, 3.05) is 0 Å². The topological polar surface area (TPSA) is 23.8 Å². The van der Waals surface area contributed by atoms with Crippen LogP contribution in [0.3, 0.4) is 0 Å². The number of rotatable bonds is 2. The zero-order valence-electron chi connectivity index (χ0n) is 11.0. The fourth-order valence-electron chi connectivity index (χ4n) is 2.89. The molecule has 1 saturated carbocycles. The summed E-state index contributed by atoms with van der Waals surface area (Å²) in [6, 6.07) is 8.76. The molecule has 1 aliphatic carbocycles. The molecule has 2 heteroatoms. The van der Waals surface area contributed by atoms with Crippen LogP contribution in [-0.4, -0.2) is 0 Å². The molecule has 1 fully saturated rings. The molecule has 0 bridgehead atoms. The summed E-state index contributed by atoms with van der Waals surface area (Å²) in [6.07, 6.45) is 7.74. The molecule has 0 unspecified atom stereocenters. The Morgan fingerprint density at radius 2 is 1.89 bits per heavy atom. The number of nitrogens with zero attached hydrogens (tertiary/aromatic N) is 1. The first-order chi connectivity index (χ1) is 8.65. The summed E-state index contributed by atoms with van der Waals surface area (Å²) in [4.78, 5) is 0. The van der Waals surface area contributed by atoms with Crippen LogP contribution in [0.5, 0.6) is 0 Å². The van der Waals surface area contributed by atoms with Gasteiger partial charge in [0.05, 0.1) is 11.5 Å². The number of hydrogen-bond donors (Lipinski definition) is 0. The van der Waals surface area contributed by atoms with Crippen molar-refractivity contribution >= 4 is 11.6 Å². The standard InChI is InChI=1S/C16H20ClN/c1-13-6-7-14(15(17)10-13)11-16(12-18)8-4-2-3-5-9-16/h6-7,10H,2-5,8-9,11H2,1H3. The fourth-order valence-corrected chi connectivity index (χ4v) is 3.20. The van der Waals surface area contributed by atoms with E-state index in [1.165, 1.54) is 31.2 Å². The van der Waals surface area contributed by atoms with Crippen molar-refractivity contribution in [1.82, 2.24) is 0 Å². The monoisotopic (exact) mass is 261 g/mol. The molecule has 1 aromatic rings. The largest absolute Gasteiger partial charge is 0.198 e. The molecular formula is C16H20ClN. The molecule has 0 amide bonds. The average molecular weight is 262 g/mol. The Morgan fingerprint density at radius 3 is 2.44 bits per heavy atom. The van der Waals surface area contributed by atoms with Gasteiger partial charge in [-0.2, -0.15) is 5.26 Å². The van der Waals surface area contributed by atoms with Crippen molar-refractivity contribution in [3.8, 4) is 6.07 Å². The lowest BCUT2D eigenvalue weighted by Crippen LogP contribution is -2.21. The molecule has 0 heterocycles. The average Bonchev–Trinajstić information content (AvgIpc) is 2.59. The minimum absolute atomic E-state index is 0.185. The highest BCUT2D eigenvalue weighted by atomic mass is 35.5. The minimum Gasteiger partial charge on any atom is -0.198 e. The Labute approximate surface area is 115 Å². The van der Waals surface area contributed by atoms with Gasteiger partial charge < -0.3 is 0 Å². The Morgan fingerprint density at radius 1 is 1.22 bits per heavy atom. The first kappa shape index (κ1) is 13.4. The van der Waals surface area contributed by atoms with E-state index < -0.39 is 0 Å². The predicted molar refractivity (Wildman–Crippen MR) is 75.6 cm³/mol. The maximum atomic E-state index is 9.58. The van der Waals surface area contributed by atoms with E-state index in [4.69, 9.17) is 11.6 Å². The van der Waals surface area contributed by atoms with Gasteiger partial charge in [-0.05, 0) is 43.4 Å². The molecule has 1 aromatic carbocycles. The van der Waals surface area contributed by atoms with Crippen LogP contribution in [0.1, 0.15) is 49.7 Å². The fraction of sp³-hybridized carbons (Fsp3) is 0.562. The summed E-state index contributed by atoms with van der Waals surface area (Å²) in [5.74, 6) is 0. The van der Waals surface area contributed by atoms with E-state index >= 15 is 0 Å². The smallest absolute Gasteiger partial charge is 0.0693 e. The number of halogens is 1. The summed E-state index contributed by atoms with van der Waals surface area (Å²) < 4.78 is 0. The molecule has 1 aliphatic rings. The van der Waals surface area contributed by atoms with Crippen LogP contribution in [0.4, 0.5) is 0 Å². The Hall–Kier alpha value is -1.00. The van der Waals surface area contributed by atoms with Gasteiger partial charge in [0.25, 0.3) is 0 Å². The maximum absolute atomic E-state index is 9.58. The minimum atomic E-state index is -0.185. The van der Waals surface area contributed by atoms with E-state index in [0.29, 0.717) is 0 Å². The highest BCUT2D eigenvalue weighted by Crippen LogP contribution is 2.38. The van der Waals surface area contributed by atoms with Crippen LogP contribution in [0.15, 0.2) is 18.2 Å². The van der Waals surface area contributed by atoms with E-state index in [0.717, 1.165) is 29.8 Å². The molecule has 2 rings (SSSR count). The first-order valence-corrected chi connectivity index (χ1v) is 7.19. The van der Waals surface area contributed by atoms with E-state index in [-0.39, 0.29) is 5.41 Å². The Kier molecular flexibility index (Phi) is 4.30. The van der Waals surface area contributed by atoms with E-state index in [1.54, 1.807) is 0 Å². The van der Waals surface area contributed by atoms with Crippen LogP contribution in [0, 0.1) is 23.7 Å². The Bertz CT molecular complexity index is 451. The van der Waals surface area contributed by atoms with Crippen molar-refractivity contribution < 1.29 is 0 Å². The summed E-state index contributed by atoms with van der Waals surface area (Å²) >= 11 is 6.30. The van der Waals surface area contributed by atoms with Gasteiger partial charge in [-0.15, -0.1) is 0 Å². The predicted octanol–water partition coefficient (Wildman–Crippen LogP) is 5.06. The van der Waals surface area contributed by atoms with Crippen molar-refractivity contribution in [1.29, 1.82) is 5.26 Å². The second kappa shape index (κ2) is 5.76. The molecule has 0 radical (unpaired) electrons. The number of benzene rings is 1. The molecule has 18 heavy (non-hydrogen) atoms. The molecule has 0 spiro atoms. The summed E-state index contributed by atoms with van der Waals surface area (Å²) in [5.41, 5.74) is 2.12. The second-order valence-corrected chi connectivity index (χ2v) is 5.99. The quantitative estimate of drug-likeness (QED) is 0.683. The van der Waals surface area contributed by atoms with Crippen molar-refractivity contribution in [3.05, 3.63) is 34.3 Å². The van der Waals surface area contributed by atoms with Crippen molar-refractivity contribution in [2.45, 2.75) is 51.9 Å². The van der Waals surface area contributed by atoms with Gasteiger partial charge >= 0.3 is 0 Å². The van der Waals surface area contributed by atoms with Gasteiger partial charge in [0.15, 0.2) is 0 Å². The second-order valence-electron chi connectivity index (χ2n) is 5.58. The summed E-state index contributed by atoms with van der Waals surface area (Å²) in [7, 11) is 0. The van der Waals surface area contributed by atoms with Crippen LogP contribution in [-0.2, 0) is 6.42 Å². The van der Waals surface area contributed by atoms with Crippen LogP contribution < -0.4 is 0 Å². The van der Waals surface area contributed by atoms with Gasteiger partial charge in [0, 0.05) is 5.02 Å². The number of hydrogen-bond acceptors (Lipinski definition) is 1. The molecule has 96 valence electrons. The Balaban J connectivity index is 2.21.